The van der Waals surface area contributed by atoms with Crippen molar-refractivity contribution in [2.75, 3.05) is 16.8 Å². The first-order valence-corrected chi connectivity index (χ1v) is 7.68. The molecule has 4 nitrogen and oxygen atoms in total. The number of rotatable bonds is 2. The van der Waals surface area contributed by atoms with E-state index in [0.29, 0.717) is 0 Å². The lowest BCUT2D eigenvalue weighted by Gasteiger charge is -2.12. The number of anilines is 1. The summed E-state index contributed by atoms with van der Waals surface area (Å²) in [6.45, 7) is 0. The molecule has 0 spiro atoms. The Balaban J connectivity index is 2.09. The molecule has 1 aliphatic rings. The molecule has 0 unspecified atom stereocenters. The van der Waals surface area contributed by atoms with Crippen LogP contribution in [-0.2, 0) is 20.8 Å². The third-order valence-electron chi connectivity index (χ3n) is 3.06. The second-order valence-corrected chi connectivity index (χ2v) is 6.90. The minimum absolute atomic E-state index is 0.00845. The number of halogens is 3. The molecule has 0 aromatic heterocycles. The first-order chi connectivity index (χ1) is 9.17. The molecule has 1 fully saturated rings. The summed E-state index contributed by atoms with van der Waals surface area (Å²) in [7, 11) is -3.21. The zero-order valence-corrected chi connectivity index (χ0v) is 11.1. The van der Waals surface area contributed by atoms with Gasteiger partial charge in [-0.1, -0.05) is 6.07 Å². The van der Waals surface area contributed by atoms with Crippen molar-refractivity contribution < 1.29 is 26.4 Å². The summed E-state index contributed by atoms with van der Waals surface area (Å²) in [5.74, 6) is -1.58. The van der Waals surface area contributed by atoms with Gasteiger partial charge in [0.15, 0.2) is 9.84 Å². The van der Waals surface area contributed by atoms with Crippen LogP contribution in [0.5, 0.6) is 0 Å². The Labute approximate surface area is 113 Å². The van der Waals surface area contributed by atoms with E-state index in [9.17, 15) is 26.4 Å². The highest BCUT2D eigenvalue weighted by molar-refractivity contribution is 7.91. The van der Waals surface area contributed by atoms with Gasteiger partial charge in [-0.05, 0) is 24.6 Å². The lowest BCUT2D eigenvalue weighted by molar-refractivity contribution is -0.137. The van der Waals surface area contributed by atoms with Crippen LogP contribution in [-0.4, -0.2) is 25.8 Å². The Kier molecular flexibility index (Phi) is 3.77. The highest BCUT2D eigenvalue weighted by Crippen LogP contribution is 2.31. The fourth-order valence-corrected chi connectivity index (χ4v) is 3.76. The number of sulfone groups is 1. The van der Waals surface area contributed by atoms with Crippen LogP contribution in [0.3, 0.4) is 0 Å². The maximum absolute atomic E-state index is 12.5. The van der Waals surface area contributed by atoms with Crippen LogP contribution in [0.2, 0.25) is 0 Å². The lowest BCUT2D eigenvalue weighted by atomic mass is 10.1. The molecule has 1 aromatic carbocycles. The molecular weight excluding hydrogens is 295 g/mol. The van der Waals surface area contributed by atoms with Gasteiger partial charge >= 0.3 is 6.18 Å². The van der Waals surface area contributed by atoms with E-state index >= 15 is 0 Å². The van der Waals surface area contributed by atoms with Crippen LogP contribution in [0, 0.1) is 5.92 Å². The van der Waals surface area contributed by atoms with Gasteiger partial charge in [-0.2, -0.15) is 13.2 Å². The van der Waals surface area contributed by atoms with Gasteiger partial charge in [-0.25, -0.2) is 8.42 Å². The highest BCUT2D eigenvalue weighted by atomic mass is 32.2. The summed E-state index contributed by atoms with van der Waals surface area (Å²) in [5.41, 5.74) is -0.858. The Morgan fingerprint density at radius 1 is 1.30 bits per heavy atom. The normalized spacial score (nSPS) is 21.6. The average molecular weight is 307 g/mol. The van der Waals surface area contributed by atoms with Gasteiger partial charge in [0, 0.05) is 5.69 Å². The molecular formula is C12H12F3NO3S. The molecule has 0 bridgehead atoms. The van der Waals surface area contributed by atoms with E-state index in [1.165, 1.54) is 12.1 Å². The minimum Gasteiger partial charge on any atom is -0.326 e. The van der Waals surface area contributed by atoms with Gasteiger partial charge in [0.2, 0.25) is 5.91 Å². The number of carbonyl (C=O) groups is 1. The highest BCUT2D eigenvalue weighted by Gasteiger charge is 2.34. The average Bonchev–Trinajstić information content (AvgIpc) is 2.69. The first kappa shape index (κ1) is 14.8. The van der Waals surface area contributed by atoms with Crippen LogP contribution in [0.4, 0.5) is 18.9 Å². The Hall–Kier alpha value is -1.57. The number of hydrogen-bond acceptors (Lipinski definition) is 3. The molecule has 0 aliphatic carbocycles. The van der Waals surface area contributed by atoms with E-state index in [1.807, 2.05) is 0 Å². The van der Waals surface area contributed by atoms with E-state index in [-0.39, 0.29) is 23.6 Å². The van der Waals surface area contributed by atoms with Crippen LogP contribution in [0.15, 0.2) is 24.3 Å². The van der Waals surface area contributed by atoms with Crippen LogP contribution in [0.25, 0.3) is 0 Å². The molecule has 1 saturated heterocycles. The van der Waals surface area contributed by atoms with Crippen molar-refractivity contribution in [3.05, 3.63) is 29.8 Å². The number of alkyl halides is 3. The van der Waals surface area contributed by atoms with Gasteiger partial charge in [0.05, 0.1) is 23.0 Å². The quantitative estimate of drug-likeness (QED) is 0.910. The van der Waals surface area contributed by atoms with Gasteiger partial charge in [0.25, 0.3) is 0 Å². The predicted octanol–water partition coefficient (Wildman–Crippen LogP) is 2.08. The Bertz CT molecular complexity index is 625. The summed E-state index contributed by atoms with van der Waals surface area (Å²) in [6, 6.07) is 4.23. The summed E-state index contributed by atoms with van der Waals surface area (Å²) in [5, 5.41) is 2.33. The topological polar surface area (TPSA) is 63.2 Å². The van der Waals surface area contributed by atoms with E-state index in [2.05, 4.69) is 5.32 Å². The summed E-state index contributed by atoms with van der Waals surface area (Å²) >= 11 is 0. The Morgan fingerprint density at radius 3 is 2.55 bits per heavy atom. The van der Waals surface area contributed by atoms with Crippen molar-refractivity contribution in [1.29, 1.82) is 0 Å². The fraction of sp³-hybridized carbons (Fsp3) is 0.417. The summed E-state index contributed by atoms with van der Waals surface area (Å²) < 4.78 is 60.1. The molecule has 20 heavy (non-hydrogen) atoms. The maximum Gasteiger partial charge on any atom is 0.416 e. The summed E-state index contributed by atoms with van der Waals surface area (Å²) in [6.07, 6.45) is -4.29. The predicted molar refractivity (Wildman–Crippen MR) is 66.8 cm³/mol. The van der Waals surface area contributed by atoms with Crippen molar-refractivity contribution in [3.8, 4) is 0 Å². The molecule has 0 radical (unpaired) electrons. The molecule has 1 amide bonds. The molecule has 2 rings (SSSR count). The minimum atomic E-state index is -4.49. The zero-order valence-electron chi connectivity index (χ0n) is 10.3. The first-order valence-electron chi connectivity index (χ1n) is 5.86. The third kappa shape index (κ3) is 3.50. The molecule has 1 aromatic rings. The largest absolute Gasteiger partial charge is 0.416 e. The van der Waals surface area contributed by atoms with Crippen molar-refractivity contribution in [2.45, 2.75) is 12.6 Å². The molecule has 1 N–H and O–H groups in total. The second-order valence-electron chi connectivity index (χ2n) is 4.67. The number of amides is 1. The van der Waals surface area contributed by atoms with E-state index in [4.69, 9.17) is 0 Å². The van der Waals surface area contributed by atoms with E-state index in [0.717, 1.165) is 12.1 Å². The smallest absolute Gasteiger partial charge is 0.326 e. The van der Waals surface area contributed by atoms with Crippen molar-refractivity contribution in [3.63, 3.8) is 0 Å². The van der Waals surface area contributed by atoms with Gasteiger partial charge in [-0.15, -0.1) is 0 Å². The zero-order chi connectivity index (χ0) is 15.0. The van der Waals surface area contributed by atoms with E-state index < -0.39 is 33.4 Å². The monoisotopic (exact) mass is 307 g/mol. The fourth-order valence-electron chi connectivity index (χ4n) is 2.02. The summed E-state index contributed by atoms with van der Waals surface area (Å²) in [4.78, 5) is 11.8. The second kappa shape index (κ2) is 5.08. The number of hydrogen-bond donors (Lipinski definition) is 1. The van der Waals surface area contributed by atoms with Crippen LogP contribution < -0.4 is 5.32 Å². The molecule has 8 heteroatoms. The SMILES string of the molecule is O=C(Nc1cccc(C(F)(F)F)c1)[C@H]1CCS(=O)(=O)C1. The van der Waals surface area contributed by atoms with Crippen molar-refractivity contribution >= 4 is 21.4 Å². The standard InChI is InChI=1S/C12H12F3NO3S/c13-12(14,15)9-2-1-3-10(6-9)16-11(17)8-4-5-20(18,19)7-8/h1-3,6,8H,4-5,7H2,(H,16,17)/t8-/m0/s1. The number of carbonyl (C=O) groups excluding carboxylic acids is 1. The maximum atomic E-state index is 12.5. The third-order valence-corrected chi connectivity index (χ3v) is 4.83. The van der Waals surface area contributed by atoms with Gasteiger partial charge in [0.1, 0.15) is 0 Å². The van der Waals surface area contributed by atoms with E-state index in [1.54, 1.807) is 0 Å². The molecule has 1 heterocycles. The number of nitrogens with one attached hydrogen (secondary N) is 1. The molecule has 1 atom stereocenters. The van der Waals surface area contributed by atoms with Gasteiger partial charge in [-0.3, -0.25) is 4.79 Å². The molecule has 1 aliphatic heterocycles. The van der Waals surface area contributed by atoms with Crippen LogP contribution >= 0.6 is 0 Å². The van der Waals surface area contributed by atoms with Crippen LogP contribution in [0.1, 0.15) is 12.0 Å². The van der Waals surface area contributed by atoms with Crippen molar-refractivity contribution in [2.24, 2.45) is 5.92 Å². The Morgan fingerprint density at radius 2 is 2.00 bits per heavy atom. The van der Waals surface area contributed by atoms with Crippen molar-refractivity contribution in [1.82, 2.24) is 0 Å². The molecule has 110 valence electrons. The molecule has 0 saturated carbocycles. The number of benzene rings is 1. The van der Waals surface area contributed by atoms with Gasteiger partial charge < -0.3 is 5.32 Å². The lowest BCUT2D eigenvalue weighted by Crippen LogP contribution is -2.23.